The summed E-state index contributed by atoms with van der Waals surface area (Å²) in [6.07, 6.45) is 6.72. The lowest BCUT2D eigenvalue weighted by Crippen LogP contribution is -2.06. The van der Waals surface area contributed by atoms with Crippen molar-refractivity contribution in [1.82, 2.24) is 14.4 Å². The molecule has 6 heteroatoms. The number of hydrogen-bond donors (Lipinski definition) is 2. The predicted molar refractivity (Wildman–Crippen MR) is 79.4 cm³/mol. The molecule has 0 aliphatic carbocycles. The molecule has 98 valence electrons. The summed E-state index contributed by atoms with van der Waals surface area (Å²) >= 11 is 1.65. The number of rotatable bonds is 5. The number of anilines is 3. The third kappa shape index (κ3) is 2.53. The summed E-state index contributed by atoms with van der Waals surface area (Å²) < 4.78 is 1.97. The highest BCUT2D eigenvalue weighted by Crippen LogP contribution is 2.22. The molecule has 0 aliphatic rings. The number of imidazole rings is 1. The van der Waals surface area contributed by atoms with E-state index in [0.29, 0.717) is 0 Å². The first-order valence-electron chi connectivity index (χ1n) is 6.23. The molecular weight excluding hydrogens is 258 g/mol. The van der Waals surface area contributed by atoms with Crippen LogP contribution in [-0.4, -0.2) is 20.9 Å². The van der Waals surface area contributed by atoms with E-state index in [4.69, 9.17) is 0 Å². The van der Waals surface area contributed by atoms with Crippen molar-refractivity contribution in [3.63, 3.8) is 0 Å². The second kappa shape index (κ2) is 5.27. The first-order chi connectivity index (χ1) is 9.36. The van der Waals surface area contributed by atoms with Gasteiger partial charge >= 0.3 is 0 Å². The minimum atomic E-state index is 0.768. The first kappa shape index (κ1) is 12.0. The second-order valence-corrected chi connectivity index (χ2v) is 4.98. The summed E-state index contributed by atoms with van der Waals surface area (Å²) in [4.78, 5) is 8.92. The average molecular weight is 273 g/mol. The monoisotopic (exact) mass is 273 g/mol. The summed E-state index contributed by atoms with van der Waals surface area (Å²) in [7, 11) is 0. The van der Waals surface area contributed by atoms with Gasteiger partial charge in [0.2, 0.25) is 0 Å². The third-order valence-electron chi connectivity index (χ3n) is 2.71. The second-order valence-electron chi connectivity index (χ2n) is 4.20. The van der Waals surface area contributed by atoms with Gasteiger partial charge in [-0.25, -0.2) is 9.97 Å². The zero-order valence-corrected chi connectivity index (χ0v) is 11.4. The van der Waals surface area contributed by atoms with Crippen LogP contribution < -0.4 is 10.6 Å². The molecule has 0 amide bonds. The van der Waals surface area contributed by atoms with Crippen molar-refractivity contribution >= 4 is 34.3 Å². The summed E-state index contributed by atoms with van der Waals surface area (Å²) in [5.41, 5.74) is 1.86. The molecule has 0 bridgehead atoms. The lowest BCUT2D eigenvalue weighted by atomic mass is 10.4. The van der Waals surface area contributed by atoms with Crippen LogP contribution in [0.15, 0.2) is 35.4 Å². The van der Waals surface area contributed by atoms with Gasteiger partial charge in [0, 0.05) is 24.3 Å². The Morgan fingerprint density at radius 3 is 3.16 bits per heavy atom. The van der Waals surface area contributed by atoms with Gasteiger partial charge in [0.15, 0.2) is 11.5 Å². The van der Waals surface area contributed by atoms with Crippen LogP contribution in [0.2, 0.25) is 0 Å². The maximum Gasteiger partial charge on any atom is 0.180 e. The average Bonchev–Trinajstić information content (AvgIpc) is 3.06. The molecule has 3 aromatic rings. The van der Waals surface area contributed by atoms with Gasteiger partial charge in [0.05, 0.1) is 11.9 Å². The third-order valence-corrected chi connectivity index (χ3v) is 3.40. The van der Waals surface area contributed by atoms with Crippen molar-refractivity contribution in [1.29, 1.82) is 0 Å². The number of hydrogen-bond acceptors (Lipinski definition) is 5. The highest BCUT2D eigenvalue weighted by atomic mass is 32.1. The van der Waals surface area contributed by atoms with Crippen LogP contribution >= 0.6 is 11.3 Å². The van der Waals surface area contributed by atoms with Gasteiger partial charge < -0.3 is 15.0 Å². The smallest absolute Gasteiger partial charge is 0.180 e. The van der Waals surface area contributed by atoms with E-state index in [1.807, 2.05) is 33.6 Å². The van der Waals surface area contributed by atoms with Gasteiger partial charge in [-0.1, -0.05) is 6.92 Å². The van der Waals surface area contributed by atoms with E-state index < -0.39 is 0 Å². The molecule has 2 N–H and O–H groups in total. The lowest BCUT2D eigenvalue weighted by molar-refractivity contribution is 0.962. The Balaban J connectivity index is 1.97. The normalized spacial score (nSPS) is 10.8. The number of nitrogens with one attached hydrogen (secondary N) is 2. The van der Waals surface area contributed by atoms with E-state index in [2.05, 4.69) is 27.5 Å². The van der Waals surface area contributed by atoms with Crippen LogP contribution in [0.5, 0.6) is 0 Å². The molecule has 0 aliphatic heterocycles. The summed E-state index contributed by atoms with van der Waals surface area (Å²) in [6.45, 7) is 3.04. The Kier molecular flexibility index (Phi) is 3.33. The topological polar surface area (TPSA) is 54.2 Å². The zero-order valence-electron chi connectivity index (χ0n) is 10.6. The van der Waals surface area contributed by atoms with Crippen LogP contribution in [0.3, 0.4) is 0 Å². The summed E-state index contributed by atoms with van der Waals surface area (Å²) in [6, 6.07) is 2.03. The van der Waals surface area contributed by atoms with E-state index >= 15 is 0 Å². The molecule has 19 heavy (non-hydrogen) atoms. The molecular formula is C13H15N5S. The van der Waals surface area contributed by atoms with Gasteiger partial charge in [-0.2, -0.15) is 11.3 Å². The standard InChI is InChI=1S/C13H15N5S/c1-2-4-14-11-8-18-6-5-15-13(18)12(17-11)16-10-3-7-19-9-10/h3,5-9,14H,2,4H2,1H3,(H,16,17). The van der Waals surface area contributed by atoms with E-state index in [-0.39, 0.29) is 0 Å². The van der Waals surface area contributed by atoms with Crippen molar-refractivity contribution in [3.05, 3.63) is 35.4 Å². The molecule has 0 fully saturated rings. The molecule has 0 unspecified atom stereocenters. The van der Waals surface area contributed by atoms with Crippen molar-refractivity contribution in [2.24, 2.45) is 0 Å². The summed E-state index contributed by atoms with van der Waals surface area (Å²) in [5.74, 6) is 1.62. The van der Waals surface area contributed by atoms with E-state index in [0.717, 1.165) is 35.9 Å². The molecule has 3 rings (SSSR count). The summed E-state index contributed by atoms with van der Waals surface area (Å²) in [5, 5.41) is 10.7. The highest BCUT2D eigenvalue weighted by molar-refractivity contribution is 7.08. The predicted octanol–water partition coefficient (Wildman–Crippen LogP) is 3.36. The minimum Gasteiger partial charge on any atom is -0.369 e. The maximum absolute atomic E-state index is 4.58. The Hall–Kier alpha value is -2.08. The Morgan fingerprint density at radius 1 is 1.42 bits per heavy atom. The molecule has 5 nitrogen and oxygen atoms in total. The molecule has 0 saturated carbocycles. The van der Waals surface area contributed by atoms with E-state index in [9.17, 15) is 0 Å². The van der Waals surface area contributed by atoms with Gasteiger partial charge in [0.1, 0.15) is 5.82 Å². The Morgan fingerprint density at radius 2 is 2.37 bits per heavy atom. The van der Waals surface area contributed by atoms with Crippen molar-refractivity contribution < 1.29 is 0 Å². The lowest BCUT2D eigenvalue weighted by Gasteiger charge is -2.09. The quantitative estimate of drug-likeness (QED) is 0.748. The highest BCUT2D eigenvalue weighted by Gasteiger charge is 2.07. The van der Waals surface area contributed by atoms with Crippen LogP contribution in [-0.2, 0) is 0 Å². The molecule has 0 saturated heterocycles. The fourth-order valence-corrected chi connectivity index (χ4v) is 2.41. The Bertz CT molecular complexity index is 659. The van der Waals surface area contributed by atoms with Crippen LogP contribution in [0, 0.1) is 0 Å². The number of nitrogens with zero attached hydrogens (tertiary/aromatic N) is 3. The molecule has 0 atom stereocenters. The number of thiophene rings is 1. The molecule has 3 heterocycles. The van der Waals surface area contributed by atoms with Crippen molar-refractivity contribution in [2.45, 2.75) is 13.3 Å². The largest absolute Gasteiger partial charge is 0.369 e. The molecule has 0 aromatic carbocycles. The first-order valence-corrected chi connectivity index (χ1v) is 7.18. The van der Waals surface area contributed by atoms with Gasteiger partial charge in [-0.3, -0.25) is 0 Å². The van der Waals surface area contributed by atoms with Crippen molar-refractivity contribution in [2.75, 3.05) is 17.2 Å². The van der Waals surface area contributed by atoms with Gasteiger partial charge in [0.25, 0.3) is 0 Å². The van der Waals surface area contributed by atoms with Gasteiger partial charge in [-0.15, -0.1) is 0 Å². The van der Waals surface area contributed by atoms with Crippen LogP contribution in [0.4, 0.5) is 17.3 Å². The maximum atomic E-state index is 4.58. The molecule has 0 spiro atoms. The fourth-order valence-electron chi connectivity index (χ4n) is 1.83. The van der Waals surface area contributed by atoms with Crippen LogP contribution in [0.1, 0.15) is 13.3 Å². The zero-order chi connectivity index (χ0) is 13.1. The Labute approximate surface area is 115 Å². The molecule has 0 radical (unpaired) electrons. The van der Waals surface area contributed by atoms with Crippen LogP contribution in [0.25, 0.3) is 5.65 Å². The number of fused-ring (bicyclic) bond motifs is 1. The fraction of sp³-hybridized carbons (Fsp3) is 0.231. The SMILES string of the molecule is CCCNc1cn2ccnc2c(Nc2ccsc2)n1. The van der Waals surface area contributed by atoms with E-state index in [1.54, 1.807) is 17.5 Å². The van der Waals surface area contributed by atoms with Gasteiger partial charge in [-0.05, 0) is 17.9 Å². The minimum absolute atomic E-state index is 0.768. The molecule has 3 aromatic heterocycles. The van der Waals surface area contributed by atoms with Crippen molar-refractivity contribution in [3.8, 4) is 0 Å². The van der Waals surface area contributed by atoms with E-state index in [1.165, 1.54) is 0 Å². The number of aromatic nitrogens is 3.